The lowest BCUT2D eigenvalue weighted by Crippen LogP contribution is -2.22. The Labute approximate surface area is 119 Å². The van der Waals surface area contributed by atoms with Crippen LogP contribution in [0.2, 0.25) is 0 Å². The molecule has 3 rings (SSSR count). The van der Waals surface area contributed by atoms with Crippen molar-refractivity contribution in [3.63, 3.8) is 0 Å². The van der Waals surface area contributed by atoms with Crippen LogP contribution in [0.3, 0.4) is 0 Å². The summed E-state index contributed by atoms with van der Waals surface area (Å²) in [6.45, 7) is 0. The second-order valence-corrected chi connectivity index (χ2v) is 5.56. The summed E-state index contributed by atoms with van der Waals surface area (Å²) in [5, 5.41) is 12.8. The number of nitrogens with two attached hydrogens (primary N) is 1. The van der Waals surface area contributed by atoms with E-state index in [1.165, 1.54) is 18.4 Å². The van der Waals surface area contributed by atoms with E-state index in [1.807, 2.05) is 0 Å². The van der Waals surface area contributed by atoms with Crippen LogP contribution in [0.5, 0.6) is 11.5 Å². The molecule has 0 fully saturated rings. The van der Waals surface area contributed by atoms with Gasteiger partial charge in [-0.1, -0.05) is 17.4 Å². The molecule has 2 aromatic rings. The molecule has 0 unspecified atom stereocenters. The minimum absolute atomic E-state index is 0.0700. The molecule has 0 radical (unpaired) electrons. The Kier molecular flexibility index (Phi) is 2.98. The molecule has 6 nitrogen and oxygen atoms in total. The first-order valence-corrected chi connectivity index (χ1v) is 6.83. The van der Waals surface area contributed by atoms with E-state index in [1.54, 1.807) is 18.2 Å². The number of fused-ring (bicyclic) bond motifs is 1. The fourth-order valence-corrected chi connectivity index (χ4v) is 3.23. The summed E-state index contributed by atoms with van der Waals surface area (Å²) >= 11 is 1.36. The van der Waals surface area contributed by atoms with E-state index in [0.29, 0.717) is 23.1 Å². The maximum Gasteiger partial charge on any atom is 0.226 e. The Hall–Kier alpha value is -2.28. The molecule has 0 spiro atoms. The van der Waals surface area contributed by atoms with Gasteiger partial charge in [-0.25, -0.2) is 4.98 Å². The fourth-order valence-electron chi connectivity index (χ4n) is 2.32. The van der Waals surface area contributed by atoms with Crippen LogP contribution in [0.1, 0.15) is 22.8 Å². The number of methoxy groups -OCH3 is 1. The summed E-state index contributed by atoms with van der Waals surface area (Å²) in [5.41, 5.74) is 6.60. The first-order valence-electron chi connectivity index (χ1n) is 6.01. The van der Waals surface area contributed by atoms with Crippen LogP contribution < -0.4 is 15.8 Å². The number of hydrogen-bond acceptors (Lipinski definition) is 6. The topological polar surface area (TPSA) is 97.5 Å². The number of aromatic nitrogens is 1. The van der Waals surface area contributed by atoms with Gasteiger partial charge in [-0.2, -0.15) is 0 Å². The van der Waals surface area contributed by atoms with E-state index in [4.69, 9.17) is 10.5 Å². The van der Waals surface area contributed by atoms with Crippen LogP contribution in [0, 0.1) is 0 Å². The molecule has 1 aromatic carbocycles. The van der Waals surface area contributed by atoms with E-state index in [9.17, 15) is 9.90 Å². The lowest BCUT2D eigenvalue weighted by molar-refractivity contribution is -0.116. The molecular formula is C13H13N3O3S. The number of nitrogens with one attached hydrogen (secondary N) is 1. The number of anilines is 2. The molecule has 20 heavy (non-hydrogen) atoms. The highest BCUT2D eigenvalue weighted by molar-refractivity contribution is 7.16. The van der Waals surface area contributed by atoms with Crippen molar-refractivity contribution in [2.45, 2.75) is 12.3 Å². The third-order valence-corrected chi connectivity index (χ3v) is 4.24. The van der Waals surface area contributed by atoms with E-state index < -0.39 is 0 Å². The Morgan fingerprint density at radius 2 is 2.35 bits per heavy atom. The molecule has 0 saturated carbocycles. The molecule has 0 aliphatic carbocycles. The number of carbonyl (C=O) groups is 1. The van der Waals surface area contributed by atoms with Gasteiger partial charge in [-0.05, 0) is 17.7 Å². The molecule has 1 aliphatic heterocycles. The van der Waals surface area contributed by atoms with Crippen molar-refractivity contribution < 1.29 is 14.6 Å². The van der Waals surface area contributed by atoms with E-state index >= 15 is 0 Å². The van der Waals surface area contributed by atoms with Gasteiger partial charge in [-0.15, -0.1) is 0 Å². The van der Waals surface area contributed by atoms with Gasteiger partial charge in [-0.3, -0.25) is 4.79 Å². The van der Waals surface area contributed by atoms with Crippen molar-refractivity contribution in [3.05, 3.63) is 28.6 Å². The van der Waals surface area contributed by atoms with Crippen LogP contribution in [-0.2, 0) is 4.79 Å². The van der Waals surface area contributed by atoms with Crippen molar-refractivity contribution in [2.75, 3.05) is 18.2 Å². The third kappa shape index (κ3) is 2.05. The summed E-state index contributed by atoms with van der Waals surface area (Å²) in [6.07, 6.45) is 0.322. The highest BCUT2D eigenvalue weighted by Gasteiger charge is 2.30. The maximum atomic E-state index is 11.8. The summed E-state index contributed by atoms with van der Waals surface area (Å²) in [7, 11) is 1.49. The summed E-state index contributed by atoms with van der Waals surface area (Å²) in [5.74, 6) is 0.761. The minimum Gasteiger partial charge on any atom is -0.504 e. The Morgan fingerprint density at radius 3 is 3.10 bits per heavy atom. The van der Waals surface area contributed by atoms with Gasteiger partial charge in [0.25, 0.3) is 0 Å². The monoisotopic (exact) mass is 291 g/mol. The number of phenols is 1. The number of nitrogen functional groups attached to an aromatic ring is 1. The molecule has 1 atom stereocenters. The molecule has 7 heteroatoms. The Morgan fingerprint density at radius 1 is 1.55 bits per heavy atom. The highest BCUT2D eigenvalue weighted by Crippen LogP contribution is 2.43. The van der Waals surface area contributed by atoms with Gasteiger partial charge in [0.1, 0.15) is 5.82 Å². The number of benzene rings is 1. The normalized spacial score (nSPS) is 17.4. The van der Waals surface area contributed by atoms with Crippen LogP contribution in [-0.4, -0.2) is 23.1 Å². The molecule has 104 valence electrons. The molecule has 1 amide bonds. The van der Waals surface area contributed by atoms with Gasteiger partial charge in [0.05, 0.1) is 12.0 Å². The summed E-state index contributed by atoms with van der Waals surface area (Å²) in [6, 6.07) is 5.07. The predicted octanol–water partition coefficient (Wildman–Crippen LogP) is 1.91. The number of nitrogens with zero attached hydrogens (tertiary/aromatic N) is 1. The standard InChI is InChI=1S/C13H13N3O3S/c1-19-9-4-6(2-3-8(9)17)7-5-10(18)15-12-11(7)20-13(14)16-12/h2-4,7,17H,5H2,1H3,(H2,14,16)(H,15,18)/t7-/m0/s1. The number of aromatic hydroxyl groups is 1. The quantitative estimate of drug-likeness (QED) is 0.785. The number of amides is 1. The van der Waals surface area contributed by atoms with Gasteiger partial charge in [0.15, 0.2) is 16.6 Å². The predicted molar refractivity (Wildman–Crippen MR) is 76.3 cm³/mol. The molecule has 1 aromatic heterocycles. The van der Waals surface area contributed by atoms with Crippen molar-refractivity contribution in [1.82, 2.24) is 4.98 Å². The number of thiazole rings is 1. The number of rotatable bonds is 2. The number of phenolic OH excluding ortho intramolecular Hbond substituents is 1. The summed E-state index contributed by atoms with van der Waals surface area (Å²) < 4.78 is 5.11. The Bertz CT molecular complexity index is 683. The van der Waals surface area contributed by atoms with Crippen molar-refractivity contribution in [1.29, 1.82) is 0 Å². The minimum atomic E-state index is -0.122. The van der Waals surface area contributed by atoms with Crippen LogP contribution in [0.25, 0.3) is 0 Å². The van der Waals surface area contributed by atoms with Gasteiger partial charge >= 0.3 is 0 Å². The first kappa shape index (κ1) is 12.7. The second-order valence-electron chi connectivity index (χ2n) is 4.50. The fraction of sp³-hybridized carbons (Fsp3) is 0.231. The largest absolute Gasteiger partial charge is 0.504 e. The first-order chi connectivity index (χ1) is 9.58. The van der Waals surface area contributed by atoms with Crippen LogP contribution >= 0.6 is 11.3 Å². The van der Waals surface area contributed by atoms with Gasteiger partial charge in [0, 0.05) is 12.3 Å². The molecule has 4 N–H and O–H groups in total. The summed E-state index contributed by atoms with van der Waals surface area (Å²) in [4.78, 5) is 16.8. The molecule has 2 heterocycles. The smallest absolute Gasteiger partial charge is 0.226 e. The van der Waals surface area contributed by atoms with E-state index in [0.717, 1.165) is 10.4 Å². The SMILES string of the molecule is COc1cc([C@@H]2CC(=O)Nc3nc(N)sc32)ccc1O. The number of carbonyl (C=O) groups excluding carboxylic acids is 1. The van der Waals surface area contributed by atoms with E-state index in [-0.39, 0.29) is 17.6 Å². The van der Waals surface area contributed by atoms with Crippen LogP contribution in [0.4, 0.5) is 10.9 Å². The van der Waals surface area contributed by atoms with Gasteiger partial charge < -0.3 is 20.9 Å². The van der Waals surface area contributed by atoms with E-state index in [2.05, 4.69) is 10.3 Å². The van der Waals surface area contributed by atoms with Crippen molar-refractivity contribution in [3.8, 4) is 11.5 Å². The lowest BCUT2D eigenvalue weighted by atomic mass is 9.91. The highest BCUT2D eigenvalue weighted by atomic mass is 32.1. The zero-order chi connectivity index (χ0) is 14.3. The molecule has 1 aliphatic rings. The average Bonchev–Trinajstić information content (AvgIpc) is 2.78. The molecular weight excluding hydrogens is 278 g/mol. The number of ether oxygens (including phenoxy) is 1. The maximum absolute atomic E-state index is 11.8. The average molecular weight is 291 g/mol. The van der Waals surface area contributed by atoms with Crippen LogP contribution in [0.15, 0.2) is 18.2 Å². The zero-order valence-corrected chi connectivity index (χ0v) is 11.5. The molecule has 0 bridgehead atoms. The van der Waals surface area contributed by atoms with Crippen molar-refractivity contribution >= 4 is 28.2 Å². The Balaban J connectivity index is 2.07. The third-order valence-electron chi connectivity index (χ3n) is 3.24. The zero-order valence-electron chi connectivity index (χ0n) is 10.7. The van der Waals surface area contributed by atoms with Gasteiger partial charge in [0.2, 0.25) is 5.91 Å². The van der Waals surface area contributed by atoms with Crippen molar-refractivity contribution in [2.24, 2.45) is 0 Å². The second kappa shape index (κ2) is 4.68. The molecule has 0 saturated heterocycles. The lowest BCUT2D eigenvalue weighted by Gasteiger charge is -2.22. The number of hydrogen-bond donors (Lipinski definition) is 3.